The predicted octanol–water partition coefficient (Wildman–Crippen LogP) is 4.35. The summed E-state index contributed by atoms with van der Waals surface area (Å²) in [6.07, 6.45) is 11.8. The molecule has 0 aliphatic heterocycles. The molecule has 0 N–H and O–H groups in total. The summed E-state index contributed by atoms with van der Waals surface area (Å²) in [6.45, 7) is 8.15. The van der Waals surface area contributed by atoms with Crippen molar-refractivity contribution in [1.82, 2.24) is 0 Å². The maximum absolute atomic E-state index is 11.4. The van der Waals surface area contributed by atoms with E-state index in [9.17, 15) is 9.59 Å². The van der Waals surface area contributed by atoms with Gasteiger partial charge in [0.25, 0.3) is 0 Å². The second kappa shape index (κ2) is 14.4. The van der Waals surface area contributed by atoms with Crippen molar-refractivity contribution in [3.8, 4) is 0 Å². The van der Waals surface area contributed by atoms with Gasteiger partial charge in [-0.15, -0.1) is 0 Å². The highest BCUT2D eigenvalue weighted by Gasteiger charge is 2.01. The second-order valence-electron chi connectivity index (χ2n) is 5.54. The molecule has 0 spiro atoms. The third-order valence-electron chi connectivity index (χ3n) is 3.06. The Morgan fingerprint density at radius 1 is 0.864 bits per heavy atom. The van der Waals surface area contributed by atoms with E-state index in [1.165, 1.54) is 38.5 Å². The molecule has 0 aromatic carbocycles. The summed E-state index contributed by atoms with van der Waals surface area (Å²) in [5, 5.41) is 0. The van der Waals surface area contributed by atoms with E-state index in [0.29, 0.717) is 6.61 Å². The van der Waals surface area contributed by atoms with E-state index >= 15 is 0 Å². The van der Waals surface area contributed by atoms with Gasteiger partial charge < -0.3 is 9.47 Å². The van der Waals surface area contributed by atoms with Crippen LogP contribution in [0, 0.1) is 0 Å². The van der Waals surface area contributed by atoms with Gasteiger partial charge in [0.05, 0.1) is 6.61 Å². The average molecular weight is 310 g/mol. The van der Waals surface area contributed by atoms with Crippen LogP contribution in [0.2, 0.25) is 0 Å². The Kier molecular flexibility index (Phi) is 13.3. The summed E-state index contributed by atoms with van der Waals surface area (Å²) < 4.78 is 9.83. The van der Waals surface area contributed by atoms with Crippen LogP contribution in [0.1, 0.15) is 65.2 Å². The van der Waals surface area contributed by atoms with E-state index in [2.05, 4.69) is 13.5 Å². The predicted molar refractivity (Wildman–Crippen MR) is 88.5 cm³/mol. The van der Waals surface area contributed by atoms with Gasteiger partial charge in [-0.2, -0.15) is 0 Å². The lowest BCUT2D eigenvalue weighted by molar-refractivity contribution is -0.140. The monoisotopic (exact) mass is 310 g/mol. The molecular formula is C18H30O4. The third kappa shape index (κ3) is 14.8. The zero-order valence-electron chi connectivity index (χ0n) is 14.1. The third-order valence-corrected chi connectivity index (χ3v) is 3.06. The van der Waals surface area contributed by atoms with E-state index in [1.54, 1.807) is 6.92 Å². The first-order valence-electron chi connectivity index (χ1n) is 8.22. The fourth-order valence-electron chi connectivity index (χ4n) is 1.84. The van der Waals surface area contributed by atoms with Crippen LogP contribution in [0.25, 0.3) is 0 Å². The van der Waals surface area contributed by atoms with Gasteiger partial charge in [0, 0.05) is 12.2 Å². The highest BCUT2D eigenvalue weighted by molar-refractivity contribution is 5.91. The molecule has 0 saturated carbocycles. The fourth-order valence-corrected chi connectivity index (χ4v) is 1.84. The van der Waals surface area contributed by atoms with Crippen LogP contribution in [-0.2, 0) is 19.1 Å². The smallest absolute Gasteiger partial charge is 0.331 e. The highest BCUT2D eigenvalue weighted by atomic mass is 16.5. The summed E-state index contributed by atoms with van der Waals surface area (Å²) in [4.78, 5) is 22.6. The van der Waals surface area contributed by atoms with Gasteiger partial charge in [-0.3, -0.25) is 0 Å². The molecule has 0 amide bonds. The summed E-state index contributed by atoms with van der Waals surface area (Å²) in [5.74, 6) is -1.07. The first-order chi connectivity index (χ1) is 10.6. The Balaban J connectivity index is 3.49. The van der Waals surface area contributed by atoms with Crippen LogP contribution in [0.3, 0.4) is 0 Å². The molecule has 4 heteroatoms. The summed E-state index contributed by atoms with van der Waals surface area (Å²) in [6, 6.07) is 0. The number of hydrogen-bond donors (Lipinski definition) is 0. The standard InChI is InChI=1S/C18H30O4/c1-4-5-6-7-8-9-10-11-14-21-17(19)12-13-18(20)22-15-16(2)3/h12-13H,2,4-11,14-15H2,1,3H3/b13-12+. The van der Waals surface area contributed by atoms with Gasteiger partial charge in [-0.25, -0.2) is 9.59 Å². The van der Waals surface area contributed by atoms with E-state index < -0.39 is 11.9 Å². The largest absolute Gasteiger partial charge is 0.463 e. The van der Waals surface area contributed by atoms with Crippen LogP contribution in [-0.4, -0.2) is 25.2 Å². The molecule has 0 bridgehead atoms. The van der Waals surface area contributed by atoms with Crippen LogP contribution in [0.15, 0.2) is 24.3 Å². The van der Waals surface area contributed by atoms with E-state index in [0.717, 1.165) is 30.6 Å². The average Bonchev–Trinajstić information content (AvgIpc) is 2.49. The Morgan fingerprint density at radius 2 is 1.36 bits per heavy atom. The van der Waals surface area contributed by atoms with Crippen molar-refractivity contribution < 1.29 is 19.1 Å². The van der Waals surface area contributed by atoms with Gasteiger partial charge in [-0.1, -0.05) is 58.4 Å². The normalized spacial score (nSPS) is 10.6. The Morgan fingerprint density at radius 3 is 1.91 bits per heavy atom. The lowest BCUT2D eigenvalue weighted by Gasteiger charge is -2.03. The van der Waals surface area contributed by atoms with Gasteiger partial charge in [-0.05, 0) is 18.9 Å². The van der Waals surface area contributed by atoms with Crippen molar-refractivity contribution in [2.75, 3.05) is 13.2 Å². The minimum absolute atomic E-state index is 0.163. The van der Waals surface area contributed by atoms with Gasteiger partial charge in [0.1, 0.15) is 6.61 Å². The Labute approximate surface area is 134 Å². The fraction of sp³-hybridized carbons (Fsp3) is 0.667. The lowest BCUT2D eigenvalue weighted by atomic mass is 10.1. The number of hydrogen-bond acceptors (Lipinski definition) is 4. The molecule has 0 unspecified atom stereocenters. The highest BCUT2D eigenvalue weighted by Crippen LogP contribution is 2.08. The quantitative estimate of drug-likeness (QED) is 0.220. The molecule has 0 rings (SSSR count). The summed E-state index contributed by atoms with van der Waals surface area (Å²) in [5.41, 5.74) is 0.749. The van der Waals surface area contributed by atoms with Crippen molar-refractivity contribution in [1.29, 1.82) is 0 Å². The minimum atomic E-state index is -0.563. The molecule has 0 atom stereocenters. The van der Waals surface area contributed by atoms with Crippen molar-refractivity contribution in [2.24, 2.45) is 0 Å². The maximum atomic E-state index is 11.4. The molecule has 0 aromatic rings. The van der Waals surface area contributed by atoms with Gasteiger partial charge in [0.2, 0.25) is 0 Å². The molecule has 0 heterocycles. The zero-order chi connectivity index (χ0) is 16.6. The van der Waals surface area contributed by atoms with Crippen molar-refractivity contribution in [3.63, 3.8) is 0 Å². The molecule has 126 valence electrons. The molecule has 0 aliphatic rings. The molecule has 0 radical (unpaired) electrons. The molecule has 0 aromatic heterocycles. The van der Waals surface area contributed by atoms with Gasteiger partial charge in [0.15, 0.2) is 0 Å². The Hall–Kier alpha value is -1.58. The lowest BCUT2D eigenvalue weighted by Crippen LogP contribution is -2.06. The van der Waals surface area contributed by atoms with Crippen molar-refractivity contribution in [2.45, 2.75) is 65.2 Å². The topological polar surface area (TPSA) is 52.6 Å². The minimum Gasteiger partial charge on any atom is -0.463 e. The summed E-state index contributed by atoms with van der Waals surface area (Å²) in [7, 11) is 0. The molecule has 0 fully saturated rings. The number of carbonyl (C=O) groups is 2. The number of ether oxygens (including phenoxy) is 2. The number of rotatable bonds is 13. The molecule has 0 aliphatic carbocycles. The maximum Gasteiger partial charge on any atom is 0.331 e. The van der Waals surface area contributed by atoms with E-state index in [1.807, 2.05) is 0 Å². The van der Waals surface area contributed by atoms with Crippen LogP contribution in [0.5, 0.6) is 0 Å². The number of carbonyl (C=O) groups excluding carboxylic acids is 2. The molecule has 4 nitrogen and oxygen atoms in total. The van der Waals surface area contributed by atoms with Gasteiger partial charge >= 0.3 is 11.9 Å². The SMILES string of the molecule is C=C(C)COC(=O)/C=C/C(=O)OCCCCCCCCCC. The molecular weight excluding hydrogens is 280 g/mol. The van der Waals surface area contributed by atoms with Crippen LogP contribution in [0.4, 0.5) is 0 Å². The molecule has 22 heavy (non-hydrogen) atoms. The number of unbranched alkanes of at least 4 members (excludes halogenated alkanes) is 7. The van der Waals surface area contributed by atoms with E-state index in [4.69, 9.17) is 9.47 Å². The first-order valence-corrected chi connectivity index (χ1v) is 8.22. The van der Waals surface area contributed by atoms with Crippen LogP contribution < -0.4 is 0 Å². The summed E-state index contributed by atoms with van der Waals surface area (Å²) >= 11 is 0. The van der Waals surface area contributed by atoms with Crippen LogP contribution >= 0.6 is 0 Å². The Bertz CT molecular complexity index is 358. The van der Waals surface area contributed by atoms with Crippen molar-refractivity contribution in [3.05, 3.63) is 24.3 Å². The van der Waals surface area contributed by atoms with Crippen molar-refractivity contribution >= 4 is 11.9 Å². The first kappa shape index (κ1) is 20.4. The number of esters is 2. The second-order valence-corrected chi connectivity index (χ2v) is 5.54. The van der Waals surface area contributed by atoms with E-state index in [-0.39, 0.29) is 6.61 Å². The molecule has 0 saturated heterocycles. The zero-order valence-corrected chi connectivity index (χ0v) is 14.1.